The first-order valence-corrected chi connectivity index (χ1v) is 8.24. The molecule has 2 rings (SSSR count). The number of benzene rings is 1. The lowest BCUT2D eigenvalue weighted by atomic mass is 9.76. The van der Waals surface area contributed by atoms with Crippen LogP contribution in [0.15, 0.2) is 36.4 Å². The van der Waals surface area contributed by atoms with Gasteiger partial charge in [-0.05, 0) is 11.0 Å². The minimum absolute atomic E-state index is 0.0187. The Labute approximate surface area is 135 Å². The molecule has 4 heteroatoms. The molecule has 1 heterocycles. The van der Waals surface area contributed by atoms with Gasteiger partial charge in [-0.15, -0.1) is 0 Å². The molecule has 1 aliphatic heterocycles. The Hall–Kier alpha value is -1.13. The molecule has 0 unspecified atom stereocenters. The smallest absolute Gasteiger partial charge is 0.254 e. The van der Waals surface area contributed by atoms with Crippen molar-refractivity contribution < 1.29 is 9.53 Å². The van der Waals surface area contributed by atoms with Crippen molar-refractivity contribution >= 4 is 27.9 Å². The van der Waals surface area contributed by atoms with Gasteiger partial charge in [-0.3, -0.25) is 4.79 Å². The third-order valence-electron chi connectivity index (χ3n) is 3.96. The van der Waals surface area contributed by atoms with Crippen LogP contribution in [0.2, 0.25) is 0 Å². The van der Waals surface area contributed by atoms with Crippen LogP contribution in [0.3, 0.4) is 0 Å². The molecule has 0 radical (unpaired) electrons. The first-order valence-electron chi connectivity index (χ1n) is 7.12. The second-order valence-electron chi connectivity index (χ2n) is 6.03. The van der Waals surface area contributed by atoms with Gasteiger partial charge in [0.15, 0.2) is 6.10 Å². The molecule has 0 bridgehead atoms. The number of halogens is 1. The molecule has 1 fully saturated rings. The minimum atomic E-state index is -0.317. The summed E-state index contributed by atoms with van der Waals surface area (Å²) in [5, 5.41) is 0.830. The normalized spacial score (nSPS) is 22.7. The molecular weight excluding hydrogens is 330 g/mol. The third kappa shape index (κ3) is 3.38. The number of ether oxygens (including phenoxy) is 1. The summed E-state index contributed by atoms with van der Waals surface area (Å²) in [5.74, 6) is 0.0780. The largest absolute Gasteiger partial charge is 0.369 e. The fourth-order valence-corrected chi connectivity index (χ4v) is 3.06. The molecule has 114 valence electrons. The van der Waals surface area contributed by atoms with E-state index >= 15 is 0 Å². The van der Waals surface area contributed by atoms with Crippen molar-refractivity contribution in [3.63, 3.8) is 0 Å². The monoisotopic (exact) mass is 351 g/mol. The van der Waals surface area contributed by atoms with E-state index in [1.165, 1.54) is 0 Å². The number of rotatable bonds is 6. The van der Waals surface area contributed by atoms with E-state index in [0.717, 1.165) is 10.9 Å². The zero-order valence-corrected chi connectivity index (χ0v) is 14.3. The van der Waals surface area contributed by atoms with Crippen molar-refractivity contribution in [1.29, 1.82) is 0 Å². The van der Waals surface area contributed by atoms with Crippen LogP contribution >= 0.6 is 15.9 Å². The molecule has 1 aliphatic rings. The fraction of sp³-hybridized carbons (Fsp3) is 0.471. The van der Waals surface area contributed by atoms with E-state index in [1.807, 2.05) is 47.4 Å². The lowest BCUT2D eigenvalue weighted by Gasteiger charge is -2.52. The summed E-state index contributed by atoms with van der Waals surface area (Å²) in [6, 6.07) is 10.2. The SMILES string of the molecule is CO[C@@H]1C(=O)N(C/C=C/c2ccccc2)[C@@H]1C(C)(C)CBr. The first kappa shape index (κ1) is 16.2. The van der Waals surface area contributed by atoms with Gasteiger partial charge < -0.3 is 9.64 Å². The van der Waals surface area contributed by atoms with Crippen LogP contribution in [-0.2, 0) is 9.53 Å². The highest BCUT2D eigenvalue weighted by Crippen LogP contribution is 2.38. The number of methoxy groups -OCH3 is 1. The Morgan fingerprint density at radius 2 is 2.00 bits per heavy atom. The Kier molecular flexibility index (Phi) is 5.22. The summed E-state index contributed by atoms with van der Waals surface area (Å²) in [7, 11) is 1.61. The molecule has 0 aromatic heterocycles. The number of alkyl halides is 1. The van der Waals surface area contributed by atoms with Crippen molar-refractivity contribution in [2.24, 2.45) is 5.41 Å². The molecule has 21 heavy (non-hydrogen) atoms. The zero-order valence-electron chi connectivity index (χ0n) is 12.8. The summed E-state index contributed by atoms with van der Waals surface area (Å²) in [5.41, 5.74) is 1.12. The van der Waals surface area contributed by atoms with Crippen molar-refractivity contribution in [2.75, 3.05) is 19.0 Å². The van der Waals surface area contributed by atoms with E-state index in [2.05, 4.69) is 29.8 Å². The Morgan fingerprint density at radius 3 is 2.57 bits per heavy atom. The second kappa shape index (κ2) is 6.75. The number of carbonyl (C=O) groups is 1. The van der Waals surface area contributed by atoms with Crippen LogP contribution in [0, 0.1) is 5.41 Å². The topological polar surface area (TPSA) is 29.5 Å². The third-order valence-corrected chi connectivity index (χ3v) is 5.41. The number of hydrogen-bond acceptors (Lipinski definition) is 2. The number of amides is 1. The molecule has 3 nitrogen and oxygen atoms in total. The highest BCUT2D eigenvalue weighted by molar-refractivity contribution is 9.09. The standard InChI is InChI=1S/C17H22BrNO2/c1-17(2,12-18)15-14(21-3)16(20)19(15)11-7-10-13-8-5-4-6-9-13/h4-10,14-15H,11-12H2,1-3H3/b10-7+/t14-,15-/m0/s1. The van der Waals surface area contributed by atoms with E-state index in [0.29, 0.717) is 6.54 Å². The van der Waals surface area contributed by atoms with Crippen LogP contribution in [0.5, 0.6) is 0 Å². The van der Waals surface area contributed by atoms with Crippen LogP contribution in [0.25, 0.3) is 6.08 Å². The van der Waals surface area contributed by atoms with Gasteiger partial charge in [0.05, 0.1) is 6.04 Å². The lowest BCUT2D eigenvalue weighted by molar-refractivity contribution is -0.178. The predicted octanol–water partition coefficient (Wildman–Crippen LogP) is 3.35. The Morgan fingerprint density at radius 1 is 1.33 bits per heavy atom. The number of β-lactam (4-membered cyclic amide) rings is 1. The Bertz CT molecular complexity index is 513. The average molecular weight is 352 g/mol. The molecule has 1 saturated heterocycles. The van der Waals surface area contributed by atoms with Crippen molar-refractivity contribution in [2.45, 2.75) is 26.0 Å². The van der Waals surface area contributed by atoms with Crippen molar-refractivity contribution in [1.82, 2.24) is 4.90 Å². The van der Waals surface area contributed by atoms with E-state index in [9.17, 15) is 4.79 Å². The van der Waals surface area contributed by atoms with Gasteiger partial charge in [-0.2, -0.15) is 0 Å². The number of likely N-dealkylation sites (tertiary alicyclic amines) is 1. The van der Waals surface area contributed by atoms with Gasteiger partial charge in [0.1, 0.15) is 0 Å². The van der Waals surface area contributed by atoms with Crippen molar-refractivity contribution in [3.05, 3.63) is 42.0 Å². The zero-order chi connectivity index (χ0) is 15.5. The van der Waals surface area contributed by atoms with E-state index in [1.54, 1.807) is 7.11 Å². The molecule has 1 aromatic carbocycles. The molecule has 0 N–H and O–H groups in total. The quantitative estimate of drug-likeness (QED) is 0.581. The summed E-state index contributed by atoms with van der Waals surface area (Å²) < 4.78 is 5.36. The first-order chi connectivity index (χ1) is 10.0. The summed E-state index contributed by atoms with van der Waals surface area (Å²) in [6.07, 6.45) is 3.77. The average Bonchev–Trinajstić information content (AvgIpc) is 2.49. The molecular formula is C17H22BrNO2. The maximum atomic E-state index is 12.2. The Balaban J connectivity index is 2.04. The van der Waals surface area contributed by atoms with Gasteiger partial charge in [-0.1, -0.05) is 72.3 Å². The summed E-state index contributed by atoms with van der Waals surface area (Å²) in [4.78, 5) is 14.1. The highest BCUT2D eigenvalue weighted by Gasteiger charge is 2.53. The van der Waals surface area contributed by atoms with Crippen LogP contribution in [0.1, 0.15) is 19.4 Å². The van der Waals surface area contributed by atoms with Gasteiger partial charge in [-0.25, -0.2) is 0 Å². The van der Waals surface area contributed by atoms with E-state index < -0.39 is 0 Å². The second-order valence-corrected chi connectivity index (χ2v) is 6.59. The number of hydrogen-bond donors (Lipinski definition) is 0. The summed E-state index contributed by atoms with van der Waals surface area (Å²) in [6.45, 7) is 4.92. The molecule has 0 spiro atoms. The predicted molar refractivity (Wildman–Crippen MR) is 89.3 cm³/mol. The van der Waals surface area contributed by atoms with Gasteiger partial charge in [0.2, 0.25) is 0 Å². The number of nitrogens with zero attached hydrogens (tertiary/aromatic N) is 1. The van der Waals surface area contributed by atoms with Crippen LogP contribution < -0.4 is 0 Å². The molecule has 1 amide bonds. The molecule has 0 saturated carbocycles. The summed E-state index contributed by atoms with van der Waals surface area (Å²) >= 11 is 3.54. The van der Waals surface area contributed by atoms with E-state index in [-0.39, 0.29) is 23.5 Å². The molecule has 2 atom stereocenters. The van der Waals surface area contributed by atoms with Gasteiger partial charge in [0.25, 0.3) is 5.91 Å². The van der Waals surface area contributed by atoms with Crippen LogP contribution in [0.4, 0.5) is 0 Å². The molecule has 0 aliphatic carbocycles. The minimum Gasteiger partial charge on any atom is -0.369 e. The maximum absolute atomic E-state index is 12.2. The fourth-order valence-electron chi connectivity index (χ4n) is 2.73. The highest BCUT2D eigenvalue weighted by atomic mass is 79.9. The van der Waals surface area contributed by atoms with E-state index in [4.69, 9.17) is 4.74 Å². The lowest BCUT2D eigenvalue weighted by Crippen LogP contribution is -2.70. The van der Waals surface area contributed by atoms with Crippen molar-refractivity contribution in [3.8, 4) is 0 Å². The number of carbonyl (C=O) groups excluding carboxylic acids is 1. The molecule has 1 aromatic rings. The maximum Gasteiger partial charge on any atom is 0.254 e. The van der Waals surface area contributed by atoms with Gasteiger partial charge in [0, 0.05) is 19.0 Å². The van der Waals surface area contributed by atoms with Crippen LogP contribution in [-0.4, -0.2) is 41.9 Å². The van der Waals surface area contributed by atoms with Gasteiger partial charge >= 0.3 is 0 Å².